The van der Waals surface area contributed by atoms with Gasteiger partial charge in [-0.25, -0.2) is 8.42 Å². The van der Waals surface area contributed by atoms with Crippen LogP contribution < -0.4 is 10.0 Å². The molecule has 0 bridgehead atoms. The first kappa shape index (κ1) is 24.1. The zero-order valence-corrected chi connectivity index (χ0v) is 19.9. The van der Waals surface area contributed by atoms with Crippen LogP contribution in [0.3, 0.4) is 0 Å². The maximum Gasteiger partial charge on any atom is 0.307 e. The zero-order valence-electron chi connectivity index (χ0n) is 16.9. The number of hydrogen-bond acceptors (Lipinski definition) is 5. The summed E-state index contributed by atoms with van der Waals surface area (Å²) >= 11 is 2.11. The molecule has 0 saturated heterocycles. The highest BCUT2D eigenvalue weighted by Crippen LogP contribution is 2.24. The van der Waals surface area contributed by atoms with Crippen LogP contribution in [0.2, 0.25) is 0 Å². The van der Waals surface area contributed by atoms with Crippen molar-refractivity contribution in [1.29, 1.82) is 0 Å². The molecule has 0 atom stereocenters. The number of rotatable bonds is 10. The summed E-state index contributed by atoms with van der Waals surface area (Å²) in [7, 11) is -3.79. The Morgan fingerprint density at radius 2 is 1.77 bits per heavy atom. The van der Waals surface area contributed by atoms with E-state index in [9.17, 15) is 18.0 Å². The molecule has 0 spiro atoms. The van der Waals surface area contributed by atoms with E-state index in [0.29, 0.717) is 17.9 Å². The molecule has 0 aliphatic rings. The van der Waals surface area contributed by atoms with Gasteiger partial charge < -0.3 is 10.1 Å². The van der Waals surface area contributed by atoms with Crippen molar-refractivity contribution in [3.63, 3.8) is 0 Å². The third-order valence-electron chi connectivity index (χ3n) is 4.16. The van der Waals surface area contributed by atoms with Crippen molar-refractivity contribution in [3.05, 3.63) is 57.2 Å². The first-order valence-electron chi connectivity index (χ1n) is 9.62. The van der Waals surface area contributed by atoms with Gasteiger partial charge in [-0.1, -0.05) is 19.4 Å². The molecule has 2 rings (SSSR count). The molecule has 1 amide bonds. The minimum atomic E-state index is -3.79. The second-order valence-corrected chi connectivity index (χ2v) is 9.35. The molecule has 0 fully saturated rings. The number of ether oxygens (including phenoxy) is 1. The van der Waals surface area contributed by atoms with Gasteiger partial charge in [0.1, 0.15) is 0 Å². The van der Waals surface area contributed by atoms with Crippen molar-refractivity contribution in [2.24, 2.45) is 0 Å². The van der Waals surface area contributed by atoms with Crippen molar-refractivity contribution in [1.82, 2.24) is 5.32 Å². The molecule has 0 radical (unpaired) electrons. The monoisotopic (exact) mass is 544 g/mol. The third kappa shape index (κ3) is 6.98. The van der Waals surface area contributed by atoms with Gasteiger partial charge >= 0.3 is 5.97 Å². The van der Waals surface area contributed by atoms with Crippen LogP contribution >= 0.6 is 22.6 Å². The summed E-state index contributed by atoms with van der Waals surface area (Å²) in [4.78, 5) is 23.5. The van der Waals surface area contributed by atoms with Crippen LogP contribution in [-0.4, -0.2) is 33.4 Å². The molecule has 0 aliphatic carbocycles. The Balaban J connectivity index is 2.02. The lowest BCUT2D eigenvalue weighted by atomic mass is 10.1. The number of carbonyl (C=O) groups is 2. The van der Waals surface area contributed by atoms with E-state index < -0.39 is 15.9 Å². The number of amides is 1. The molecule has 9 heteroatoms. The molecule has 2 aromatic carbocycles. The Kier molecular flexibility index (Phi) is 9.09. The molecule has 162 valence electrons. The number of carbonyl (C=O) groups excluding carboxylic acids is 2. The number of hydrogen-bond donors (Lipinski definition) is 2. The maximum absolute atomic E-state index is 12.7. The Morgan fingerprint density at radius 3 is 2.37 bits per heavy atom. The van der Waals surface area contributed by atoms with Crippen molar-refractivity contribution >= 4 is 50.2 Å². The number of anilines is 1. The highest BCUT2D eigenvalue weighted by atomic mass is 127. The van der Waals surface area contributed by atoms with Crippen LogP contribution in [0.15, 0.2) is 47.4 Å². The van der Waals surface area contributed by atoms with Gasteiger partial charge in [0.15, 0.2) is 0 Å². The number of sulfonamides is 1. The number of nitrogens with one attached hydrogen (secondary N) is 2. The van der Waals surface area contributed by atoms with E-state index in [1.807, 2.05) is 12.1 Å². The predicted octanol–water partition coefficient (Wildman–Crippen LogP) is 3.73. The predicted molar refractivity (Wildman–Crippen MR) is 124 cm³/mol. The smallest absolute Gasteiger partial charge is 0.307 e. The quantitative estimate of drug-likeness (QED) is 0.351. The first-order valence-corrected chi connectivity index (χ1v) is 12.2. The summed E-state index contributed by atoms with van der Waals surface area (Å²) in [6.45, 7) is 4.24. The Labute approximate surface area is 190 Å². The molecule has 0 unspecified atom stereocenters. The molecule has 7 nitrogen and oxygen atoms in total. The zero-order chi connectivity index (χ0) is 22.1. The lowest BCUT2D eigenvalue weighted by Gasteiger charge is -2.12. The fourth-order valence-electron chi connectivity index (χ4n) is 2.69. The average molecular weight is 544 g/mol. The molecular weight excluding hydrogens is 519 g/mol. The maximum atomic E-state index is 12.7. The van der Waals surface area contributed by atoms with Gasteiger partial charge in [0.2, 0.25) is 0 Å². The highest BCUT2D eigenvalue weighted by molar-refractivity contribution is 14.1. The summed E-state index contributed by atoms with van der Waals surface area (Å²) in [5.41, 5.74) is 1.97. The van der Waals surface area contributed by atoms with E-state index in [1.54, 1.807) is 13.0 Å². The molecule has 2 aromatic rings. The van der Waals surface area contributed by atoms with Crippen LogP contribution in [0.25, 0.3) is 0 Å². The molecule has 0 saturated carbocycles. The van der Waals surface area contributed by atoms with E-state index >= 15 is 0 Å². The summed E-state index contributed by atoms with van der Waals surface area (Å²) in [5, 5.41) is 2.60. The van der Waals surface area contributed by atoms with Gasteiger partial charge in [-0.3, -0.25) is 14.3 Å². The normalized spacial score (nSPS) is 11.0. The van der Waals surface area contributed by atoms with E-state index in [4.69, 9.17) is 4.74 Å². The van der Waals surface area contributed by atoms with Crippen LogP contribution in [0.1, 0.15) is 42.6 Å². The highest BCUT2D eigenvalue weighted by Gasteiger charge is 2.17. The summed E-state index contributed by atoms with van der Waals surface area (Å²) in [5.74, 6) is -0.778. The van der Waals surface area contributed by atoms with Gasteiger partial charge in [0.05, 0.1) is 23.6 Å². The molecule has 0 aromatic heterocycles. The summed E-state index contributed by atoms with van der Waals surface area (Å²) in [6, 6.07) is 11.3. The lowest BCUT2D eigenvalue weighted by Crippen LogP contribution is -2.26. The number of benzene rings is 2. The van der Waals surface area contributed by atoms with Crippen molar-refractivity contribution < 1.29 is 22.7 Å². The Hall–Kier alpha value is -2.14. The first-order chi connectivity index (χ1) is 14.3. The van der Waals surface area contributed by atoms with Gasteiger partial charge in [-0.05, 0) is 77.9 Å². The lowest BCUT2D eigenvalue weighted by molar-refractivity contribution is -0.142. The van der Waals surface area contributed by atoms with Crippen LogP contribution in [-0.2, 0) is 26.0 Å². The second kappa shape index (κ2) is 11.3. The fourth-order valence-corrected chi connectivity index (χ4v) is 4.67. The van der Waals surface area contributed by atoms with Crippen molar-refractivity contribution in [2.75, 3.05) is 17.9 Å². The molecular formula is C21H25IN2O5S. The van der Waals surface area contributed by atoms with Gasteiger partial charge in [-0.15, -0.1) is 0 Å². The Morgan fingerprint density at radius 1 is 1.07 bits per heavy atom. The summed E-state index contributed by atoms with van der Waals surface area (Å²) < 4.78 is 33.6. The molecule has 2 N–H and O–H groups in total. The average Bonchev–Trinajstić information content (AvgIpc) is 2.70. The van der Waals surface area contributed by atoms with Gasteiger partial charge in [0.25, 0.3) is 15.9 Å². The third-order valence-corrected chi connectivity index (χ3v) is 6.44. The van der Waals surface area contributed by atoms with Crippen LogP contribution in [0.5, 0.6) is 0 Å². The summed E-state index contributed by atoms with van der Waals surface area (Å²) in [6.07, 6.45) is 2.03. The molecule has 30 heavy (non-hydrogen) atoms. The van der Waals surface area contributed by atoms with Gasteiger partial charge in [0, 0.05) is 15.7 Å². The largest absolute Gasteiger partial charge is 0.466 e. The molecule has 0 heterocycles. The minimum Gasteiger partial charge on any atom is -0.466 e. The standard InChI is InChI=1S/C21H25IN2O5S/c1-3-5-15-6-11-19(18(22)14-15)24-30(27,28)17-9-7-16(8-10-17)21(26)23-13-12-20(25)29-4-2/h6-11,14,24H,3-5,12-13H2,1-2H3,(H,23,26). The van der Waals surface area contributed by atoms with Crippen LogP contribution in [0, 0.1) is 3.57 Å². The Bertz CT molecular complexity index is 991. The fraction of sp³-hybridized carbons (Fsp3) is 0.333. The van der Waals surface area contributed by atoms with Crippen molar-refractivity contribution in [3.8, 4) is 0 Å². The number of esters is 1. The SMILES string of the molecule is CCCc1ccc(NS(=O)(=O)c2ccc(C(=O)NCCC(=O)OCC)cc2)c(I)c1. The number of halogens is 1. The van der Waals surface area contributed by atoms with E-state index in [1.165, 1.54) is 24.3 Å². The molecule has 0 aliphatic heterocycles. The van der Waals surface area contributed by atoms with Crippen molar-refractivity contribution in [2.45, 2.75) is 38.0 Å². The minimum absolute atomic E-state index is 0.0546. The number of aryl methyl sites for hydroxylation is 1. The van der Waals surface area contributed by atoms with E-state index in [-0.39, 0.29) is 23.8 Å². The van der Waals surface area contributed by atoms with Crippen LogP contribution in [0.4, 0.5) is 5.69 Å². The topological polar surface area (TPSA) is 102 Å². The van der Waals surface area contributed by atoms with E-state index in [0.717, 1.165) is 22.0 Å². The van der Waals surface area contributed by atoms with Gasteiger partial charge in [-0.2, -0.15) is 0 Å². The second-order valence-electron chi connectivity index (χ2n) is 6.50. The van der Waals surface area contributed by atoms with E-state index in [2.05, 4.69) is 39.6 Å².